The minimum Gasteiger partial charge on any atom is -0.444 e. The molecule has 0 aromatic heterocycles. The van der Waals surface area contributed by atoms with Crippen LogP contribution in [-0.4, -0.2) is 30.9 Å². The van der Waals surface area contributed by atoms with Crippen LogP contribution in [0.1, 0.15) is 12.0 Å². The summed E-state index contributed by atoms with van der Waals surface area (Å²) in [4.78, 5) is 13.2. The van der Waals surface area contributed by atoms with Gasteiger partial charge in [0.05, 0.1) is 6.61 Å². The zero-order valence-corrected chi connectivity index (χ0v) is 9.09. The van der Waals surface area contributed by atoms with Crippen molar-refractivity contribution >= 4 is 6.09 Å². The minimum atomic E-state index is -0.302. The normalized spacial score (nSPS) is 15.9. The highest BCUT2D eigenvalue weighted by Crippen LogP contribution is 2.06. The second-order valence-corrected chi connectivity index (χ2v) is 3.69. The Morgan fingerprint density at radius 1 is 1.38 bits per heavy atom. The molecule has 1 amide bonds. The summed E-state index contributed by atoms with van der Waals surface area (Å²) >= 11 is 0. The molecule has 0 radical (unpaired) electrons. The number of carbonyl (C=O) groups is 1. The summed E-state index contributed by atoms with van der Waals surface area (Å²) < 4.78 is 10.4. The number of benzene rings is 1. The van der Waals surface area contributed by atoms with Crippen LogP contribution in [0.2, 0.25) is 0 Å². The molecule has 4 heteroatoms. The molecule has 1 aromatic rings. The molecule has 0 saturated carbocycles. The minimum absolute atomic E-state index is 0.302. The molecule has 1 fully saturated rings. The van der Waals surface area contributed by atoms with Crippen molar-refractivity contribution in [2.45, 2.75) is 13.0 Å². The summed E-state index contributed by atoms with van der Waals surface area (Å²) in [6, 6.07) is 9.64. The van der Waals surface area contributed by atoms with Crippen molar-refractivity contribution < 1.29 is 14.3 Å². The molecular formula is C12H15NO3. The molecule has 0 aliphatic carbocycles. The Labute approximate surface area is 94.8 Å². The Morgan fingerprint density at radius 3 is 2.88 bits per heavy atom. The molecule has 86 valence electrons. The van der Waals surface area contributed by atoms with Crippen LogP contribution in [0, 0.1) is 0 Å². The number of carbonyl (C=O) groups excluding carboxylic acids is 1. The highest BCUT2D eigenvalue weighted by molar-refractivity contribution is 5.67. The van der Waals surface area contributed by atoms with Gasteiger partial charge in [-0.1, -0.05) is 30.3 Å². The summed E-state index contributed by atoms with van der Waals surface area (Å²) in [6.45, 7) is 2.10. The second-order valence-electron chi connectivity index (χ2n) is 3.69. The van der Waals surface area contributed by atoms with Gasteiger partial charge >= 0.3 is 6.09 Å². The van der Waals surface area contributed by atoms with Gasteiger partial charge in [0.1, 0.15) is 13.3 Å². The molecular weight excluding hydrogens is 206 g/mol. The molecule has 4 nitrogen and oxygen atoms in total. The third kappa shape index (κ3) is 2.97. The van der Waals surface area contributed by atoms with E-state index in [1.807, 2.05) is 30.3 Å². The van der Waals surface area contributed by atoms with Gasteiger partial charge in [-0.05, 0) is 12.0 Å². The molecule has 1 aromatic carbocycles. The lowest BCUT2D eigenvalue weighted by molar-refractivity contribution is -0.0152. The summed E-state index contributed by atoms with van der Waals surface area (Å²) in [5.41, 5.74) is 0.994. The number of rotatable bonds is 2. The molecule has 2 rings (SSSR count). The maximum Gasteiger partial charge on any atom is 0.411 e. The summed E-state index contributed by atoms with van der Waals surface area (Å²) in [6.07, 6.45) is 0.573. The number of ether oxygens (including phenoxy) is 2. The van der Waals surface area contributed by atoms with E-state index in [0.29, 0.717) is 19.9 Å². The fraction of sp³-hybridized carbons (Fsp3) is 0.417. The van der Waals surface area contributed by atoms with E-state index in [1.54, 1.807) is 4.90 Å². The first-order valence-corrected chi connectivity index (χ1v) is 5.39. The van der Waals surface area contributed by atoms with E-state index in [-0.39, 0.29) is 6.09 Å². The maximum absolute atomic E-state index is 11.6. The Morgan fingerprint density at radius 2 is 2.19 bits per heavy atom. The molecule has 0 atom stereocenters. The quantitative estimate of drug-likeness (QED) is 0.766. The smallest absolute Gasteiger partial charge is 0.411 e. The summed E-state index contributed by atoms with van der Waals surface area (Å²) in [7, 11) is 0. The van der Waals surface area contributed by atoms with Crippen LogP contribution in [0.3, 0.4) is 0 Å². The predicted octanol–water partition coefficient (Wildman–Crippen LogP) is 2.00. The lowest BCUT2D eigenvalue weighted by Crippen LogP contribution is -2.38. The van der Waals surface area contributed by atoms with Crippen molar-refractivity contribution in [1.82, 2.24) is 4.90 Å². The lowest BCUT2D eigenvalue weighted by atomic mass is 10.2. The van der Waals surface area contributed by atoms with Gasteiger partial charge in [0.2, 0.25) is 0 Å². The fourth-order valence-corrected chi connectivity index (χ4v) is 1.55. The van der Waals surface area contributed by atoms with Crippen molar-refractivity contribution in [2.75, 3.05) is 19.9 Å². The van der Waals surface area contributed by atoms with Crippen molar-refractivity contribution in [1.29, 1.82) is 0 Å². The van der Waals surface area contributed by atoms with Gasteiger partial charge in [-0.15, -0.1) is 0 Å². The van der Waals surface area contributed by atoms with Crippen LogP contribution < -0.4 is 0 Å². The highest BCUT2D eigenvalue weighted by Gasteiger charge is 2.17. The van der Waals surface area contributed by atoms with Gasteiger partial charge in [0, 0.05) is 6.54 Å². The molecule has 1 aliphatic rings. The van der Waals surface area contributed by atoms with Gasteiger partial charge in [-0.25, -0.2) is 4.79 Å². The first kappa shape index (κ1) is 11.0. The summed E-state index contributed by atoms with van der Waals surface area (Å²) in [5, 5.41) is 0. The monoisotopic (exact) mass is 221 g/mol. The number of nitrogens with zero attached hydrogens (tertiary/aromatic N) is 1. The fourth-order valence-electron chi connectivity index (χ4n) is 1.55. The average molecular weight is 221 g/mol. The topological polar surface area (TPSA) is 38.8 Å². The van der Waals surface area contributed by atoms with Crippen LogP contribution in [0.15, 0.2) is 30.3 Å². The van der Waals surface area contributed by atoms with E-state index in [1.165, 1.54) is 0 Å². The van der Waals surface area contributed by atoms with Gasteiger partial charge < -0.3 is 9.47 Å². The summed E-state index contributed by atoms with van der Waals surface area (Å²) in [5.74, 6) is 0. The number of amides is 1. The Hall–Kier alpha value is -1.55. The van der Waals surface area contributed by atoms with E-state index in [9.17, 15) is 4.79 Å². The Kier molecular flexibility index (Phi) is 3.77. The standard InChI is InChI=1S/C12H15NO3/c14-12(13-7-4-8-15-10-13)16-9-11-5-2-1-3-6-11/h1-3,5-6H,4,7-10H2. The van der Waals surface area contributed by atoms with E-state index in [0.717, 1.165) is 18.6 Å². The molecule has 0 bridgehead atoms. The molecule has 1 saturated heterocycles. The van der Waals surface area contributed by atoms with Crippen LogP contribution in [0.5, 0.6) is 0 Å². The van der Waals surface area contributed by atoms with E-state index >= 15 is 0 Å². The third-order valence-electron chi connectivity index (χ3n) is 2.43. The highest BCUT2D eigenvalue weighted by atomic mass is 16.6. The number of hydrogen-bond acceptors (Lipinski definition) is 3. The second kappa shape index (κ2) is 5.51. The van der Waals surface area contributed by atoms with Crippen molar-refractivity contribution in [3.8, 4) is 0 Å². The van der Waals surface area contributed by atoms with Gasteiger partial charge in [0.25, 0.3) is 0 Å². The SMILES string of the molecule is O=C(OCc1ccccc1)N1CCCOC1. The number of hydrogen-bond donors (Lipinski definition) is 0. The van der Waals surface area contributed by atoms with Gasteiger partial charge in [-0.3, -0.25) is 4.90 Å². The van der Waals surface area contributed by atoms with Gasteiger partial charge in [0.15, 0.2) is 0 Å². The Balaban J connectivity index is 1.79. The van der Waals surface area contributed by atoms with Gasteiger partial charge in [-0.2, -0.15) is 0 Å². The Bertz CT molecular complexity index is 333. The third-order valence-corrected chi connectivity index (χ3v) is 2.43. The zero-order valence-electron chi connectivity index (χ0n) is 9.09. The van der Waals surface area contributed by atoms with Crippen LogP contribution in [0.25, 0.3) is 0 Å². The molecule has 1 aliphatic heterocycles. The van der Waals surface area contributed by atoms with Crippen LogP contribution in [0.4, 0.5) is 4.79 Å². The molecule has 16 heavy (non-hydrogen) atoms. The lowest BCUT2D eigenvalue weighted by Gasteiger charge is -2.25. The van der Waals surface area contributed by atoms with Crippen molar-refractivity contribution in [2.24, 2.45) is 0 Å². The average Bonchev–Trinajstić information content (AvgIpc) is 2.38. The van der Waals surface area contributed by atoms with Crippen molar-refractivity contribution in [3.63, 3.8) is 0 Å². The molecule has 0 N–H and O–H groups in total. The first-order chi connectivity index (χ1) is 7.86. The maximum atomic E-state index is 11.6. The van der Waals surface area contributed by atoms with E-state index in [4.69, 9.17) is 9.47 Å². The molecule has 1 heterocycles. The first-order valence-electron chi connectivity index (χ1n) is 5.39. The largest absolute Gasteiger partial charge is 0.444 e. The van der Waals surface area contributed by atoms with E-state index < -0.39 is 0 Å². The molecule has 0 spiro atoms. The van der Waals surface area contributed by atoms with E-state index in [2.05, 4.69) is 0 Å². The molecule has 0 unspecified atom stereocenters. The predicted molar refractivity (Wildman–Crippen MR) is 58.8 cm³/mol. The van der Waals surface area contributed by atoms with Crippen LogP contribution >= 0.6 is 0 Å². The van der Waals surface area contributed by atoms with Crippen molar-refractivity contribution in [3.05, 3.63) is 35.9 Å². The zero-order chi connectivity index (χ0) is 11.2. The van der Waals surface area contributed by atoms with Crippen LogP contribution in [-0.2, 0) is 16.1 Å².